The molecule has 0 aromatic heterocycles. The second-order valence-electron chi connectivity index (χ2n) is 6.03. The van der Waals surface area contributed by atoms with Crippen LogP contribution in [0.2, 0.25) is 0 Å². The average Bonchev–Trinajstić information content (AvgIpc) is 2.73. The van der Waals surface area contributed by atoms with Gasteiger partial charge in [-0.3, -0.25) is 4.79 Å². The molecule has 1 aromatic carbocycles. The fourth-order valence-corrected chi connectivity index (χ4v) is 5.28. The van der Waals surface area contributed by atoms with Crippen LogP contribution in [0.4, 0.5) is 0 Å². The number of carbonyl (C=O) groups excluding carboxylic acids is 1. The Hall–Kier alpha value is -1.41. The highest BCUT2D eigenvalue weighted by Crippen LogP contribution is 2.35. The second-order valence-corrected chi connectivity index (χ2v) is 9.67. The summed E-state index contributed by atoms with van der Waals surface area (Å²) in [6, 6.07) is 5.38. The zero-order valence-corrected chi connectivity index (χ0v) is 15.1. The summed E-state index contributed by atoms with van der Waals surface area (Å²) in [4.78, 5) is 13.2. The number of fused-ring (bicyclic) bond motifs is 1. The summed E-state index contributed by atoms with van der Waals surface area (Å²) < 4.78 is 34.2. The van der Waals surface area contributed by atoms with Crippen molar-refractivity contribution < 1.29 is 22.7 Å². The minimum atomic E-state index is -2.99. The summed E-state index contributed by atoms with van der Waals surface area (Å²) in [5, 5.41) is 2.51. The van der Waals surface area contributed by atoms with Crippen LogP contribution in [0.15, 0.2) is 23.1 Å². The smallest absolute Gasteiger partial charge is 0.233 e. The highest BCUT2D eigenvalue weighted by molar-refractivity contribution is 8.00. The van der Waals surface area contributed by atoms with Gasteiger partial charge in [-0.25, -0.2) is 8.42 Å². The molecule has 6 nitrogen and oxygen atoms in total. The first-order chi connectivity index (χ1) is 11.4. The molecule has 0 spiro atoms. The Balaban J connectivity index is 1.59. The van der Waals surface area contributed by atoms with Gasteiger partial charge in [0.1, 0.15) is 0 Å². The van der Waals surface area contributed by atoms with Gasteiger partial charge < -0.3 is 14.8 Å². The van der Waals surface area contributed by atoms with Gasteiger partial charge in [0.25, 0.3) is 0 Å². The van der Waals surface area contributed by atoms with E-state index in [-0.39, 0.29) is 28.7 Å². The van der Waals surface area contributed by atoms with E-state index in [0.29, 0.717) is 25.4 Å². The quantitative estimate of drug-likeness (QED) is 0.810. The molecule has 0 saturated carbocycles. The maximum Gasteiger partial charge on any atom is 0.233 e. The number of ether oxygens (including phenoxy) is 2. The molecule has 132 valence electrons. The van der Waals surface area contributed by atoms with Crippen molar-refractivity contribution in [3.63, 3.8) is 0 Å². The number of sulfone groups is 1. The Bertz CT molecular complexity index is 719. The summed E-state index contributed by atoms with van der Waals surface area (Å²) in [5.41, 5.74) is 0. The third kappa shape index (κ3) is 4.36. The van der Waals surface area contributed by atoms with Crippen molar-refractivity contribution in [1.29, 1.82) is 0 Å². The van der Waals surface area contributed by atoms with Crippen LogP contribution in [0.1, 0.15) is 19.8 Å². The largest absolute Gasteiger partial charge is 0.490 e. The maximum atomic E-state index is 12.3. The van der Waals surface area contributed by atoms with E-state index in [0.717, 1.165) is 17.1 Å². The van der Waals surface area contributed by atoms with Crippen molar-refractivity contribution in [3.05, 3.63) is 18.2 Å². The summed E-state index contributed by atoms with van der Waals surface area (Å²) in [6.45, 7) is 3.07. The molecule has 2 heterocycles. The number of nitrogens with one attached hydrogen (secondary N) is 1. The van der Waals surface area contributed by atoms with E-state index >= 15 is 0 Å². The lowest BCUT2D eigenvalue weighted by Crippen LogP contribution is -2.39. The van der Waals surface area contributed by atoms with Crippen LogP contribution in [0.3, 0.4) is 0 Å². The molecule has 24 heavy (non-hydrogen) atoms. The summed E-state index contributed by atoms with van der Waals surface area (Å²) in [5.74, 6) is 1.48. The van der Waals surface area contributed by atoms with Crippen molar-refractivity contribution in [1.82, 2.24) is 5.32 Å². The van der Waals surface area contributed by atoms with Crippen molar-refractivity contribution in [2.75, 3.05) is 24.7 Å². The molecule has 0 unspecified atom stereocenters. The third-order valence-corrected chi connectivity index (χ3v) is 6.84. The lowest BCUT2D eigenvalue weighted by atomic mass is 10.2. The lowest BCUT2D eigenvalue weighted by Gasteiger charge is -2.16. The van der Waals surface area contributed by atoms with Gasteiger partial charge in [0, 0.05) is 17.4 Å². The van der Waals surface area contributed by atoms with Gasteiger partial charge in [-0.15, -0.1) is 11.8 Å². The molecule has 3 rings (SSSR count). The van der Waals surface area contributed by atoms with Crippen LogP contribution in [0.5, 0.6) is 11.5 Å². The van der Waals surface area contributed by atoms with Crippen LogP contribution >= 0.6 is 11.8 Å². The van der Waals surface area contributed by atoms with Crippen molar-refractivity contribution in [2.45, 2.75) is 36.0 Å². The third-order valence-electron chi connectivity index (χ3n) is 3.98. The molecule has 0 bridgehead atoms. The first kappa shape index (κ1) is 17.4. The summed E-state index contributed by atoms with van der Waals surface area (Å²) >= 11 is 1.42. The van der Waals surface area contributed by atoms with E-state index in [2.05, 4.69) is 5.32 Å². The molecule has 1 N–H and O–H groups in total. The van der Waals surface area contributed by atoms with E-state index in [9.17, 15) is 13.2 Å². The molecule has 2 aliphatic rings. The minimum Gasteiger partial charge on any atom is -0.490 e. The number of rotatable bonds is 4. The molecule has 1 fully saturated rings. The number of benzene rings is 1. The molecule has 2 atom stereocenters. The highest BCUT2D eigenvalue weighted by Gasteiger charge is 2.30. The minimum absolute atomic E-state index is 0.0418. The monoisotopic (exact) mass is 371 g/mol. The number of carbonyl (C=O) groups is 1. The average molecular weight is 371 g/mol. The molecule has 1 aromatic rings. The Morgan fingerprint density at radius 2 is 2.04 bits per heavy atom. The van der Waals surface area contributed by atoms with E-state index in [1.807, 2.05) is 25.1 Å². The molecular formula is C16H21NO5S2. The maximum absolute atomic E-state index is 12.3. The van der Waals surface area contributed by atoms with Gasteiger partial charge in [0.05, 0.1) is 30.0 Å². The van der Waals surface area contributed by atoms with Crippen molar-refractivity contribution >= 4 is 27.5 Å². The normalized spacial score (nSPS) is 23.3. The highest BCUT2D eigenvalue weighted by atomic mass is 32.2. The van der Waals surface area contributed by atoms with Crippen LogP contribution in [-0.4, -0.2) is 50.3 Å². The molecule has 1 amide bonds. The van der Waals surface area contributed by atoms with Crippen molar-refractivity contribution in [3.8, 4) is 11.5 Å². The molecule has 1 saturated heterocycles. The molecule has 8 heteroatoms. The zero-order valence-electron chi connectivity index (χ0n) is 13.5. The molecule has 2 aliphatic heterocycles. The Morgan fingerprint density at radius 1 is 1.29 bits per heavy atom. The first-order valence-corrected chi connectivity index (χ1v) is 10.7. The van der Waals surface area contributed by atoms with Crippen LogP contribution in [0.25, 0.3) is 0 Å². The van der Waals surface area contributed by atoms with Crippen LogP contribution < -0.4 is 14.8 Å². The fraction of sp³-hybridized carbons (Fsp3) is 0.562. The molecular weight excluding hydrogens is 350 g/mol. The number of hydrogen-bond acceptors (Lipinski definition) is 6. The predicted octanol–water partition coefficient (Wildman–Crippen LogP) is 1.63. The van der Waals surface area contributed by atoms with E-state index in [1.54, 1.807) is 0 Å². The van der Waals surface area contributed by atoms with Crippen molar-refractivity contribution in [2.24, 2.45) is 0 Å². The topological polar surface area (TPSA) is 81.7 Å². The SMILES string of the molecule is C[C@@H](Sc1ccc2c(c1)OCCCO2)C(=O)N[C@@H]1CCS(=O)(=O)C1. The number of hydrogen-bond donors (Lipinski definition) is 1. The van der Waals surface area contributed by atoms with Gasteiger partial charge in [-0.1, -0.05) is 0 Å². The van der Waals surface area contributed by atoms with Crippen LogP contribution in [-0.2, 0) is 14.6 Å². The van der Waals surface area contributed by atoms with Gasteiger partial charge in [-0.05, 0) is 31.5 Å². The zero-order chi connectivity index (χ0) is 17.2. The number of thioether (sulfide) groups is 1. The standard InChI is InChI=1S/C16H21NO5S2/c1-11(16(18)17-12-5-8-24(19,20)10-12)23-13-3-4-14-15(9-13)22-7-2-6-21-14/h3-4,9,11-12H,2,5-8,10H2,1H3,(H,17,18)/t11-,12-/m1/s1. The second kappa shape index (κ2) is 7.23. The van der Waals surface area contributed by atoms with Crippen LogP contribution in [0, 0.1) is 0 Å². The Kier molecular flexibility index (Phi) is 5.24. The van der Waals surface area contributed by atoms with Gasteiger partial charge >= 0.3 is 0 Å². The summed E-state index contributed by atoms with van der Waals surface area (Å²) in [7, 11) is -2.99. The number of amides is 1. The predicted molar refractivity (Wildman–Crippen MR) is 92.6 cm³/mol. The Labute approximate surface area is 146 Å². The fourth-order valence-electron chi connectivity index (χ4n) is 2.70. The van der Waals surface area contributed by atoms with Gasteiger partial charge in [0.2, 0.25) is 5.91 Å². The lowest BCUT2D eigenvalue weighted by molar-refractivity contribution is -0.120. The van der Waals surface area contributed by atoms with E-state index < -0.39 is 9.84 Å². The van der Waals surface area contributed by atoms with E-state index in [4.69, 9.17) is 9.47 Å². The summed E-state index contributed by atoms with van der Waals surface area (Å²) in [6.07, 6.45) is 1.34. The Morgan fingerprint density at radius 3 is 2.75 bits per heavy atom. The van der Waals surface area contributed by atoms with Gasteiger partial charge in [0.15, 0.2) is 21.3 Å². The van der Waals surface area contributed by atoms with Gasteiger partial charge in [-0.2, -0.15) is 0 Å². The molecule has 0 radical (unpaired) electrons. The first-order valence-electron chi connectivity index (χ1n) is 8.00. The molecule has 0 aliphatic carbocycles. The van der Waals surface area contributed by atoms with E-state index in [1.165, 1.54) is 11.8 Å².